The average molecular weight is 215 g/mol. The molecule has 0 spiro atoms. The van der Waals surface area contributed by atoms with Crippen molar-refractivity contribution in [3.05, 3.63) is 0 Å². The lowest BCUT2D eigenvalue weighted by molar-refractivity contribution is -0.140. The number of amides is 1. The maximum atomic E-state index is 11.2. The van der Waals surface area contributed by atoms with Crippen molar-refractivity contribution in [3.63, 3.8) is 0 Å². The molecule has 1 atom stereocenters. The van der Waals surface area contributed by atoms with E-state index >= 15 is 0 Å². The van der Waals surface area contributed by atoms with Crippen LogP contribution < -0.4 is 5.32 Å². The van der Waals surface area contributed by atoms with Gasteiger partial charge in [-0.3, -0.25) is 9.59 Å². The molecular formula is C11H21NO3. The van der Waals surface area contributed by atoms with Gasteiger partial charge in [0.2, 0.25) is 5.91 Å². The van der Waals surface area contributed by atoms with E-state index in [2.05, 4.69) is 19.2 Å². The first-order valence-electron chi connectivity index (χ1n) is 5.61. The second kappa shape index (κ2) is 8.26. The summed E-state index contributed by atoms with van der Waals surface area (Å²) >= 11 is 0. The molecule has 0 saturated heterocycles. The Balaban J connectivity index is 3.91. The van der Waals surface area contributed by atoms with Gasteiger partial charge in [0, 0.05) is 6.04 Å². The number of hydrogen-bond acceptors (Lipinski definition) is 2. The maximum absolute atomic E-state index is 11.2. The highest BCUT2D eigenvalue weighted by molar-refractivity contribution is 5.93. The predicted molar refractivity (Wildman–Crippen MR) is 58.6 cm³/mol. The second-order valence-corrected chi connectivity index (χ2v) is 3.77. The van der Waals surface area contributed by atoms with E-state index in [0.29, 0.717) is 0 Å². The van der Waals surface area contributed by atoms with Crippen LogP contribution >= 0.6 is 0 Å². The Bertz CT molecular complexity index is 204. The zero-order valence-electron chi connectivity index (χ0n) is 9.58. The van der Waals surface area contributed by atoms with Gasteiger partial charge in [0.05, 0.1) is 0 Å². The standard InChI is InChI=1S/C11H21NO3/c1-3-5-7-9(6-4-2)12-10(13)8-11(14)15/h9H,3-8H2,1-2H3,(H,12,13)(H,14,15). The van der Waals surface area contributed by atoms with Gasteiger partial charge in [0.25, 0.3) is 0 Å². The maximum Gasteiger partial charge on any atom is 0.312 e. The largest absolute Gasteiger partial charge is 0.481 e. The molecule has 0 aliphatic heterocycles. The molecule has 4 nitrogen and oxygen atoms in total. The van der Waals surface area contributed by atoms with E-state index in [9.17, 15) is 9.59 Å². The topological polar surface area (TPSA) is 66.4 Å². The van der Waals surface area contributed by atoms with Crippen molar-refractivity contribution in [1.82, 2.24) is 5.32 Å². The third kappa shape index (κ3) is 7.97. The highest BCUT2D eigenvalue weighted by Crippen LogP contribution is 2.06. The lowest BCUT2D eigenvalue weighted by Gasteiger charge is -2.17. The van der Waals surface area contributed by atoms with E-state index < -0.39 is 12.4 Å². The fourth-order valence-corrected chi connectivity index (χ4v) is 1.50. The van der Waals surface area contributed by atoms with Gasteiger partial charge in [0.15, 0.2) is 0 Å². The van der Waals surface area contributed by atoms with E-state index in [0.717, 1.165) is 32.1 Å². The van der Waals surface area contributed by atoms with E-state index in [1.54, 1.807) is 0 Å². The molecule has 0 aliphatic carbocycles. The molecule has 0 heterocycles. The summed E-state index contributed by atoms with van der Waals surface area (Å²) in [5.74, 6) is -1.45. The van der Waals surface area contributed by atoms with Gasteiger partial charge in [-0.15, -0.1) is 0 Å². The zero-order valence-corrected chi connectivity index (χ0v) is 9.58. The van der Waals surface area contributed by atoms with Crippen LogP contribution in [0.25, 0.3) is 0 Å². The van der Waals surface area contributed by atoms with Crippen molar-refractivity contribution >= 4 is 11.9 Å². The molecule has 0 fully saturated rings. The summed E-state index contributed by atoms with van der Waals surface area (Å²) in [7, 11) is 0. The number of carboxylic acids is 1. The van der Waals surface area contributed by atoms with Gasteiger partial charge < -0.3 is 10.4 Å². The quantitative estimate of drug-likeness (QED) is 0.608. The molecule has 0 rings (SSSR count). The number of nitrogens with one attached hydrogen (secondary N) is 1. The first kappa shape index (κ1) is 13.9. The van der Waals surface area contributed by atoms with Crippen LogP contribution in [0.3, 0.4) is 0 Å². The highest BCUT2D eigenvalue weighted by atomic mass is 16.4. The van der Waals surface area contributed by atoms with Crippen molar-refractivity contribution in [3.8, 4) is 0 Å². The summed E-state index contributed by atoms with van der Waals surface area (Å²) in [4.78, 5) is 21.5. The third-order valence-electron chi connectivity index (χ3n) is 2.22. The molecule has 15 heavy (non-hydrogen) atoms. The Hall–Kier alpha value is -1.06. The third-order valence-corrected chi connectivity index (χ3v) is 2.22. The number of hydrogen-bond donors (Lipinski definition) is 2. The highest BCUT2D eigenvalue weighted by Gasteiger charge is 2.13. The van der Waals surface area contributed by atoms with Crippen molar-refractivity contribution in [2.75, 3.05) is 0 Å². The van der Waals surface area contributed by atoms with Crippen LogP contribution in [0, 0.1) is 0 Å². The Kier molecular flexibility index (Phi) is 7.68. The molecule has 2 N–H and O–H groups in total. The summed E-state index contributed by atoms with van der Waals surface area (Å²) in [6, 6.07) is 0.141. The molecule has 0 bridgehead atoms. The number of unbranched alkanes of at least 4 members (excludes halogenated alkanes) is 1. The van der Waals surface area contributed by atoms with Gasteiger partial charge in [0.1, 0.15) is 6.42 Å². The molecular weight excluding hydrogens is 194 g/mol. The van der Waals surface area contributed by atoms with Gasteiger partial charge in [-0.2, -0.15) is 0 Å². The zero-order chi connectivity index (χ0) is 11.7. The number of aliphatic carboxylic acids is 1. The van der Waals surface area contributed by atoms with Crippen molar-refractivity contribution < 1.29 is 14.7 Å². The van der Waals surface area contributed by atoms with E-state index in [4.69, 9.17) is 5.11 Å². The van der Waals surface area contributed by atoms with Gasteiger partial charge >= 0.3 is 5.97 Å². The van der Waals surface area contributed by atoms with Crippen LogP contribution in [-0.4, -0.2) is 23.0 Å². The number of rotatable bonds is 8. The molecule has 4 heteroatoms. The first-order chi connectivity index (χ1) is 7.10. The summed E-state index contributed by atoms with van der Waals surface area (Å²) in [6.45, 7) is 4.16. The summed E-state index contributed by atoms with van der Waals surface area (Å²) in [5.41, 5.74) is 0. The monoisotopic (exact) mass is 215 g/mol. The van der Waals surface area contributed by atoms with Crippen LogP contribution in [0.2, 0.25) is 0 Å². The molecule has 0 aromatic rings. The lowest BCUT2D eigenvalue weighted by Crippen LogP contribution is -2.35. The molecule has 0 aromatic carbocycles. The van der Waals surface area contributed by atoms with Crippen molar-refractivity contribution in [1.29, 1.82) is 0 Å². The van der Waals surface area contributed by atoms with Crippen LogP contribution in [0.4, 0.5) is 0 Å². The van der Waals surface area contributed by atoms with Crippen LogP contribution in [-0.2, 0) is 9.59 Å². The normalized spacial score (nSPS) is 12.1. The van der Waals surface area contributed by atoms with Crippen LogP contribution in [0.15, 0.2) is 0 Å². The molecule has 0 saturated carbocycles. The van der Waals surface area contributed by atoms with Crippen LogP contribution in [0.5, 0.6) is 0 Å². The van der Waals surface area contributed by atoms with E-state index in [1.165, 1.54) is 0 Å². The smallest absolute Gasteiger partial charge is 0.312 e. The minimum Gasteiger partial charge on any atom is -0.481 e. The second-order valence-electron chi connectivity index (χ2n) is 3.77. The Morgan fingerprint density at radius 2 is 1.87 bits per heavy atom. The molecule has 0 aliphatic rings. The Morgan fingerprint density at radius 3 is 2.33 bits per heavy atom. The van der Waals surface area contributed by atoms with Crippen LogP contribution in [0.1, 0.15) is 52.4 Å². The fourth-order valence-electron chi connectivity index (χ4n) is 1.50. The number of carboxylic acid groups (broad SMARTS) is 1. The lowest BCUT2D eigenvalue weighted by atomic mass is 10.1. The summed E-state index contributed by atoms with van der Waals surface area (Å²) < 4.78 is 0. The molecule has 0 aromatic heterocycles. The number of carbonyl (C=O) groups excluding carboxylic acids is 1. The van der Waals surface area contributed by atoms with Crippen molar-refractivity contribution in [2.24, 2.45) is 0 Å². The molecule has 0 radical (unpaired) electrons. The minimum absolute atomic E-state index is 0.141. The fraction of sp³-hybridized carbons (Fsp3) is 0.818. The average Bonchev–Trinajstić information content (AvgIpc) is 2.13. The summed E-state index contributed by atoms with van der Waals surface area (Å²) in [6.07, 6.45) is 4.60. The number of carbonyl (C=O) groups is 2. The SMILES string of the molecule is CCCCC(CCC)NC(=O)CC(=O)O. The van der Waals surface area contributed by atoms with Gasteiger partial charge in [-0.05, 0) is 12.8 Å². The van der Waals surface area contributed by atoms with Gasteiger partial charge in [-0.1, -0.05) is 33.1 Å². The Labute approximate surface area is 91.1 Å². The van der Waals surface area contributed by atoms with E-state index in [1.807, 2.05) is 0 Å². The molecule has 88 valence electrons. The first-order valence-corrected chi connectivity index (χ1v) is 5.61. The molecule has 1 unspecified atom stereocenters. The minimum atomic E-state index is -1.07. The van der Waals surface area contributed by atoms with Crippen molar-refractivity contribution in [2.45, 2.75) is 58.4 Å². The van der Waals surface area contributed by atoms with Gasteiger partial charge in [-0.25, -0.2) is 0 Å². The van der Waals surface area contributed by atoms with E-state index in [-0.39, 0.29) is 11.9 Å². The predicted octanol–water partition coefficient (Wildman–Crippen LogP) is 1.94. The molecule has 1 amide bonds. The summed E-state index contributed by atoms with van der Waals surface area (Å²) in [5, 5.41) is 11.2. The Morgan fingerprint density at radius 1 is 1.20 bits per heavy atom.